The number of aromatic nitrogens is 1. The second kappa shape index (κ2) is 6.62. The molecule has 106 valence electrons. The zero-order valence-corrected chi connectivity index (χ0v) is 11.9. The number of carbonyl (C=O) groups is 2. The third-order valence-corrected chi connectivity index (χ3v) is 4.01. The van der Waals surface area contributed by atoms with E-state index in [1.807, 2.05) is 0 Å². The van der Waals surface area contributed by atoms with Crippen LogP contribution in [0.3, 0.4) is 0 Å². The quantitative estimate of drug-likeness (QED) is 0.748. The van der Waals surface area contributed by atoms with Crippen molar-refractivity contribution in [3.63, 3.8) is 0 Å². The van der Waals surface area contributed by atoms with Crippen LogP contribution in [0.4, 0.5) is 0 Å². The van der Waals surface area contributed by atoms with E-state index in [-0.39, 0.29) is 36.7 Å². The summed E-state index contributed by atoms with van der Waals surface area (Å²) in [7, 11) is -3.05. The zero-order chi connectivity index (χ0) is 14.5. The van der Waals surface area contributed by atoms with Crippen molar-refractivity contribution in [2.75, 3.05) is 12.0 Å². The molecule has 0 radical (unpaired) electrons. The number of carboxylic acid groups (broad SMARTS) is 1. The van der Waals surface area contributed by atoms with Gasteiger partial charge in [0, 0.05) is 18.1 Å². The molecule has 0 aliphatic carbocycles. The van der Waals surface area contributed by atoms with Gasteiger partial charge in [0.2, 0.25) is 5.91 Å². The van der Waals surface area contributed by atoms with E-state index in [0.717, 1.165) is 17.6 Å². The fourth-order valence-electron chi connectivity index (χ4n) is 1.25. The Hall–Kier alpha value is -1.48. The molecule has 1 amide bonds. The zero-order valence-electron chi connectivity index (χ0n) is 10.2. The van der Waals surface area contributed by atoms with Gasteiger partial charge < -0.3 is 10.4 Å². The first-order valence-electron chi connectivity index (χ1n) is 5.40. The number of carboxylic acids is 1. The van der Waals surface area contributed by atoms with E-state index >= 15 is 0 Å². The minimum atomic E-state index is -3.05. The van der Waals surface area contributed by atoms with Gasteiger partial charge in [0.15, 0.2) is 5.69 Å². The van der Waals surface area contributed by atoms with Gasteiger partial charge in [0.05, 0.1) is 12.3 Å². The van der Waals surface area contributed by atoms with Gasteiger partial charge in [0.25, 0.3) is 0 Å². The summed E-state index contributed by atoms with van der Waals surface area (Å²) in [5, 5.41) is 13.1. The summed E-state index contributed by atoms with van der Waals surface area (Å²) >= 11 is 1.15. The maximum absolute atomic E-state index is 11.4. The van der Waals surface area contributed by atoms with Crippen LogP contribution in [0.1, 0.15) is 28.3 Å². The minimum absolute atomic E-state index is 0.0270. The predicted octanol–water partition coefficient (Wildman–Crippen LogP) is 0.282. The second-order valence-corrected chi connectivity index (χ2v) is 7.14. The predicted molar refractivity (Wildman–Crippen MR) is 69.9 cm³/mol. The number of amides is 1. The van der Waals surface area contributed by atoms with Crippen molar-refractivity contribution < 1.29 is 23.1 Å². The average molecular weight is 306 g/mol. The van der Waals surface area contributed by atoms with Crippen molar-refractivity contribution in [3.8, 4) is 0 Å². The highest BCUT2D eigenvalue weighted by molar-refractivity contribution is 7.90. The molecule has 0 aliphatic rings. The van der Waals surface area contributed by atoms with Crippen molar-refractivity contribution in [2.24, 2.45) is 0 Å². The molecule has 7 nitrogen and oxygen atoms in total. The van der Waals surface area contributed by atoms with Crippen molar-refractivity contribution >= 4 is 33.1 Å². The Labute approximate surface area is 114 Å². The van der Waals surface area contributed by atoms with E-state index in [1.165, 1.54) is 5.38 Å². The SMILES string of the molecule is CS(=O)(=O)CCCC(=O)NCc1nc(C(=O)O)cs1. The summed E-state index contributed by atoms with van der Waals surface area (Å²) in [4.78, 5) is 25.8. The van der Waals surface area contributed by atoms with Crippen LogP contribution in [0.25, 0.3) is 0 Å². The lowest BCUT2D eigenvalue weighted by Crippen LogP contribution is -2.23. The van der Waals surface area contributed by atoms with Gasteiger partial charge >= 0.3 is 5.97 Å². The molecule has 0 saturated heterocycles. The Kier molecular flexibility index (Phi) is 5.43. The van der Waals surface area contributed by atoms with E-state index in [1.54, 1.807) is 0 Å². The Morgan fingerprint density at radius 3 is 2.68 bits per heavy atom. The van der Waals surface area contributed by atoms with Crippen LogP contribution in [0.15, 0.2) is 5.38 Å². The molecule has 9 heteroatoms. The molecule has 19 heavy (non-hydrogen) atoms. The molecule has 1 aromatic rings. The highest BCUT2D eigenvalue weighted by Gasteiger charge is 2.10. The number of hydrogen-bond donors (Lipinski definition) is 2. The summed E-state index contributed by atoms with van der Waals surface area (Å²) in [5.74, 6) is -1.42. The van der Waals surface area contributed by atoms with E-state index in [2.05, 4.69) is 10.3 Å². The Balaban J connectivity index is 2.31. The number of aromatic carboxylic acids is 1. The number of hydrogen-bond acceptors (Lipinski definition) is 6. The molecule has 0 saturated carbocycles. The van der Waals surface area contributed by atoms with Crippen LogP contribution in [0.2, 0.25) is 0 Å². The van der Waals surface area contributed by atoms with Crippen molar-refractivity contribution in [3.05, 3.63) is 16.1 Å². The van der Waals surface area contributed by atoms with Crippen LogP contribution in [-0.2, 0) is 21.2 Å². The number of carbonyl (C=O) groups excluding carboxylic acids is 1. The molecule has 0 aromatic carbocycles. The molecule has 2 N–H and O–H groups in total. The highest BCUT2D eigenvalue weighted by atomic mass is 32.2. The fourth-order valence-corrected chi connectivity index (χ4v) is 2.62. The number of thiazole rings is 1. The first-order valence-corrected chi connectivity index (χ1v) is 8.34. The summed E-state index contributed by atoms with van der Waals surface area (Å²) < 4.78 is 21.7. The summed E-state index contributed by atoms with van der Waals surface area (Å²) in [6.07, 6.45) is 1.50. The van der Waals surface area contributed by atoms with Crippen LogP contribution in [0, 0.1) is 0 Å². The first kappa shape index (κ1) is 15.6. The van der Waals surface area contributed by atoms with E-state index < -0.39 is 15.8 Å². The lowest BCUT2D eigenvalue weighted by Gasteiger charge is -2.02. The molecule has 1 heterocycles. The third-order valence-electron chi connectivity index (χ3n) is 2.13. The highest BCUT2D eigenvalue weighted by Crippen LogP contribution is 2.09. The van der Waals surface area contributed by atoms with Crippen molar-refractivity contribution in [1.29, 1.82) is 0 Å². The Bertz CT molecular complexity index is 564. The molecule has 0 unspecified atom stereocenters. The van der Waals surface area contributed by atoms with Gasteiger partial charge in [-0.15, -0.1) is 11.3 Å². The molecule has 1 aromatic heterocycles. The van der Waals surface area contributed by atoms with Gasteiger partial charge in [-0.3, -0.25) is 4.79 Å². The third kappa shape index (κ3) is 6.30. The van der Waals surface area contributed by atoms with Crippen LogP contribution in [-0.4, -0.2) is 42.4 Å². The average Bonchev–Trinajstić information content (AvgIpc) is 2.73. The lowest BCUT2D eigenvalue weighted by molar-refractivity contribution is -0.121. The van der Waals surface area contributed by atoms with Gasteiger partial charge in [-0.05, 0) is 6.42 Å². The number of nitrogens with one attached hydrogen (secondary N) is 1. The molecule has 1 rings (SSSR count). The largest absolute Gasteiger partial charge is 0.476 e. The van der Waals surface area contributed by atoms with Gasteiger partial charge in [-0.25, -0.2) is 18.2 Å². The van der Waals surface area contributed by atoms with Gasteiger partial charge in [-0.1, -0.05) is 0 Å². The first-order chi connectivity index (χ1) is 8.78. The lowest BCUT2D eigenvalue weighted by atomic mass is 10.3. The minimum Gasteiger partial charge on any atom is -0.476 e. The molecular weight excluding hydrogens is 292 g/mol. The van der Waals surface area contributed by atoms with Gasteiger partial charge in [-0.2, -0.15) is 0 Å². The van der Waals surface area contributed by atoms with E-state index in [4.69, 9.17) is 5.11 Å². The Morgan fingerprint density at radius 1 is 1.47 bits per heavy atom. The fraction of sp³-hybridized carbons (Fsp3) is 0.500. The molecule has 0 fully saturated rings. The summed E-state index contributed by atoms with van der Waals surface area (Å²) in [6.45, 7) is 0.148. The van der Waals surface area contributed by atoms with Crippen LogP contribution < -0.4 is 5.32 Å². The summed E-state index contributed by atoms with van der Waals surface area (Å²) in [6, 6.07) is 0. The van der Waals surface area contributed by atoms with Crippen molar-refractivity contribution in [2.45, 2.75) is 19.4 Å². The van der Waals surface area contributed by atoms with Crippen LogP contribution in [0.5, 0.6) is 0 Å². The second-order valence-electron chi connectivity index (χ2n) is 3.94. The van der Waals surface area contributed by atoms with Crippen LogP contribution >= 0.6 is 11.3 Å². The maximum atomic E-state index is 11.4. The smallest absolute Gasteiger partial charge is 0.355 e. The number of sulfone groups is 1. The molecule has 0 bridgehead atoms. The monoisotopic (exact) mass is 306 g/mol. The Morgan fingerprint density at radius 2 is 2.16 bits per heavy atom. The standard InChI is InChI=1S/C10H14N2O5S2/c1-19(16,17)4-2-3-8(13)11-5-9-12-7(6-18-9)10(14)15/h6H,2-5H2,1H3,(H,11,13)(H,14,15). The summed E-state index contributed by atoms with van der Waals surface area (Å²) in [5.41, 5.74) is -0.0497. The maximum Gasteiger partial charge on any atom is 0.355 e. The topological polar surface area (TPSA) is 113 Å². The van der Waals surface area contributed by atoms with E-state index in [9.17, 15) is 18.0 Å². The van der Waals surface area contributed by atoms with E-state index in [0.29, 0.717) is 5.01 Å². The number of rotatable bonds is 7. The molecular formula is C10H14N2O5S2. The van der Waals surface area contributed by atoms with Gasteiger partial charge in [0.1, 0.15) is 14.8 Å². The normalized spacial score (nSPS) is 11.2. The molecule has 0 aliphatic heterocycles. The molecule has 0 spiro atoms. The van der Waals surface area contributed by atoms with Crippen molar-refractivity contribution in [1.82, 2.24) is 10.3 Å². The number of nitrogens with zero attached hydrogens (tertiary/aromatic N) is 1. The molecule has 0 atom stereocenters.